The summed E-state index contributed by atoms with van der Waals surface area (Å²) in [6.07, 6.45) is 0. The normalized spacial score (nSPS) is 11.1. The van der Waals surface area contributed by atoms with E-state index in [4.69, 9.17) is 21.1 Å². The van der Waals surface area contributed by atoms with Crippen LogP contribution in [0.25, 0.3) is 10.2 Å². The van der Waals surface area contributed by atoms with Gasteiger partial charge in [0.2, 0.25) is 0 Å². The molecule has 160 valence electrons. The Hall–Kier alpha value is -2.35. The summed E-state index contributed by atoms with van der Waals surface area (Å²) in [5.41, 5.74) is 1.35. The van der Waals surface area contributed by atoms with Crippen molar-refractivity contribution in [2.24, 2.45) is 0 Å². The Morgan fingerprint density at radius 1 is 1.03 bits per heavy atom. The summed E-state index contributed by atoms with van der Waals surface area (Å²) < 4.78 is 12.3. The molecule has 0 spiro atoms. The highest BCUT2D eigenvalue weighted by molar-refractivity contribution is 7.22. The number of ether oxygens (including phenoxy) is 2. The lowest BCUT2D eigenvalue weighted by Crippen LogP contribution is -2.36. The van der Waals surface area contributed by atoms with Crippen LogP contribution in [0.4, 0.5) is 5.13 Å². The fourth-order valence-corrected chi connectivity index (χ4v) is 4.19. The summed E-state index contributed by atoms with van der Waals surface area (Å²) in [5.74, 6) is 1.06. The van der Waals surface area contributed by atoms with Gasteiger partial charge in [-0.15, -0.1) is 0 Å². The van der Waals surface area contributed by atoms with E-state index in [9.17, 15) is 4.79 Å². The van der Waals surface area contributed by atoms with Gasteiger partial charge in [-0.1, -0.05) is 22.9 Å². The Labute approximate surface area is 186 Å². The summed E-state index contributed by atoms with van der Waals surface area (Å²) >= 11 is 7.58. The second-order valence-electron chi connectivity index (χ2n) is 6.90. The molecule has 2 aromatic carbocycles. The lowest BCUT2D eigenvalue weighted by molar-refractivity contribution is 0.0984. The van der Waals surface area contributed by atoms with Crippen molar-refractivity contribution in [3.05, 3.63) is 47.0 Å². The number of carbonyl (C=O) groups is 1. The maximum atomic E-state index is 13.5. The highest BCUT2D eigenvalue weighted by Gasteiger charge is 2.23. The molecule has 1 aromatic heterocycles. The largest absolute Gasteiger partial charge is 0.490 e. The van der Waals surface area contributed by atoms with Crippen molar-refractivity contribution in [3.8, 4) is 11.5 Å². The molecule has 3 rings (SSSR count). The second-order valence-corrected chi connectivity index (χ2v) is 8.34. The lowest BCUT2D eigenvalue weighted by Gasteiger charge is -2.22. The van der Waals surface area contributed by atoms with Gasteiger partial charge in [0.1, 0.15) is 0 Å². The zero-order chi connectivity index (χ0) is 21.7. The average molecular weight is 448 g/mol. The Bertz CT molecular complexity index is 1020. The monoisotopic (exact) mass is 447 g/mol. The number of anilines is 1. The number of hydrogen-bond acceptors (Lipinski definition) is 6. The van der Waals surface area contributed by atoms with Gasteiger partial charge in [-0.25, -0.2) is 4.98 Å². The molecular weight excluding hydrogens is 422 g/mol. The minimum atomic E-state index is -0.133. The Morgan fingerprint density at radius 3 is 2.47 bits per heavy atom. The molecule has 0 bridgehead atoms. The Balaban J connectivity index is 1.98. The number of rotatable bonds is 9. The number of amides is 1. The van der Waals surface area contributed by atoms with Crippen molar-refractivity contribution in [2.75, 3.05) is 45.3 Å². The molecule has 3 aromatic rings. The number of fused-ring (bicyclic) bond motifs is 1. The summed E-state index contributed by atoms with van der Waals surface area (Å²) in [6, 6.07) is 10.8. The quantitative estimate of drug-likeness (QED) is 0.464. The van der Waals surface area contributed by atoms with Crippen molar-refractivity contribution in [1.29, 1.82) is 0 Å². The molecule has 0 saturated heterocycles. The smallest absolute Gasteiger partial charge is 0.260 e. The number of likely N-dealkylation sites (N-methyl/N-ethyl adjacent to an activating group) is 1. The third kappa shape index (κ3) is 5.22. The number of halogens is 1. The molecule has 0 radical (unpaired) electrons. The highest BCUT2D eigenvalue weighted by atomic mass is 35.5. The molecule has 0 aliphatic rings. The maximum absolute atomic E-state index is 13.5. The third-order valence-electron chi connectivity index (χ3n) is 4.38. The number of nitrogens with zero attached hydrogens (tertiary/aromatic N) is 3. The van der Waals surface area contributed by atoms with E-state index in [-0.39, 0.29) is 5.91 Å². The van der Waals surface area contributed by atoms with Gasteiger partial charge in [0.25, 0.3) is 5.91 Å². The maximum Gasteiger partial charge on any atom is 0.260 e. The predicted molar refractivity (Wildman–Crippen MR) is 124 cm³/mol. The number of benzene rings is 2. The van der Waals surface area contributed by atoms with E-state index >= 15 is 0 Å². The fourth-order valence-electron chi connectivity index (χ4n) is 2.93. The van der Waals surface area contributed by atoms with Crippen LogP contribution in [0.15, 0.2) is 36.4 Å². The van der Waals surface area contributed by atoms with Gasteiger partial charge in [0, 0.05) is 23.7 Å². The highest BCUT2D eigenvalue weighted by Crippen LogP contribution is 2.33. The minimum absolute atomic E-state index is 0.133. The molecule has 30 heavy (non-hydrogen) atoms. The number of aromatic nitrogens is 1. The first-order valence-corrected chi connectivity index (χ1v) is 11.0. The van der Waals surface area contributed by atoms with Gasteiger partial charge in [-0.05, 0) is 64.3 Å². The molecule has 1 amide bonds. The van der Waals surface area contributed by atoms with Crippen LogP contribution < -0.4 is 14.4 Å². The van der Waals surface area contributed by atoms with Gasteiger partial charge in [-0.2, -0.15) is 0 Å². The van der Waals surface area contributed by atoms with Crippen LogP contribution in [-0.4, -0.2) is 56.2 Å². The summed E-state index contributed by atoms with van der Waals surface area (Å²) in [7, 11) is 3.95. The van der Waals surface area contributed by atoms with Crippen molar-refractivity contribution >= 4 is 44.2 Å². The van der Waals surface area contributed by atoms with E-state index in [1.54, 1.807) is 29.2 Å². The van der Waals surface area contributed by atoms with Gasteiger partial charge < -0.3 is 14.4 Å². The van der Waals surface area contributed by atoms with E-state index in [0.717, 1.165) is 10.2 Å². The van der Waals surface area contributed by atoms with Crippen LogP contribution in [-0.2, 0) is 0 Å². The van der Waals surface area contributed by atoms with E-state index in [1.165, 1.54) is 11.3 Å². The molecule has 0 N–H and O–H groups in total. The standard InChI is InChI=1S/C22H26ClN3O3S/c1-5-28-18-10-7-15(13-19(18)29-6-2)21(27)26(12-11-25(3)4)22-24-17-9-8-16(23)14-20(17)30-22/h7-10,13-14H,5-6,11-12H2,1-4H3. The van der Waals surface area contributed by atoms with E-state index in [2.05, 4.69) is 4.98 Å². The molecule has 6 nitrogen and oxygen atoms in total. The van der Waals surface area contributed by atoms with Crippen LogP contribution in [0.2, 0.25) is 5.02 Å². The van der Waals surface area contributed by atoms with Gasteiger partial charge >= 0.3 is 0 Å². The Kier molecular flexibility index (Phi) is 7.53. The van der Waals surface area contributed by atoms with Gasteiger partial charge in [-0.3, -0.25) is 9.69 Å². The Morgan fingerprint density at radius 2 is 1.77 bits per heavy atom. The van der Waals surface area contributed by atoms with Crippen LogP contribution in [0.5, 0.6) is 11.5 Å². The van der Waals surface area contributed by atoms with Crippen molar-refractivity contribution < 1.29 is 14.3 Å². The molecule has 0 atom stereocenters. The van der Waals surface area contributed by atoms with Gasteiger partial charge in [0.05, 0.1) is 23.4 Å². The molecule has 0 fully saturated rings. The zero-order valence-corrected chi connectivity index (χ0v) is 19.2. The van der Waals surface area contributed by atoms with E-state index < -0.39 is 0 Å². The van der Waals surface area contributed by atoms with E-state index in [1.807, 2.05) is 45.0 Å². The molecule has 0 unspecified atom stereocenters. The average Bonchev–Trinajstić information content (AvgIpc) is 3.12. The van der Waals surface area contributed by atoms with Crippen LogP contribution in [0.3, 0.4) is 0 Å². The second kappa shape index (κ2) is 10.1. The number of hydrogen-bond donors (Lipinski definition) is 0. The summed E-state index contributed by atoms with van der Waals surface area (Å²) in [4.78, 5) is 21.9. The molecule has 1 heterocycles. The fraction of sp³-hybridized carbons (Fsp3) is 0.364. The van der Waals surface area contributed by atoms with Crippen LogP contribution in [0.1, 0.15) is 24.2 Å². The number of carbonyl (C=O) groups excluding carboxylic acids is 1. The summed E-state index contributed by atoms with van der Waals surface area (Å²) in [6.45, 7) is 6.04. The summed E-state index contributed by atoms with van der Waals surface area (Å²) in [5, 5.41) is 1.29. The lowest BCUT2D eigenvalue weighted by atomic mass is 10.1. The van der Waals surface area contributed by atoms with Gasteiger partial charge in [0.15, 0.2) is 16.6 Å². The first kappa shape index (κ1) is 22.3. The predicted octanol–water partition coefficient (Wildman–Crippen LogP) is 4.96. The topological polar surface area (TPSA) is 54.9 Å². The minimum Gasteiger partial charge on any atom is -0.490 e. The van der Waals surface area contributed by atoms with Crippen molar-refractivity contribution in [2.45, 2.75) is 13.8 Å². The SMILES string of the molecule is CCOc1ccc(C(=O)N(CCN(C)C)c2nc3ccc(Cl)cc3s2)cc1OCC. The zero-order valence-electron chi connectivity index (χ0n) is 17.6. The molecule has 0 aliphatic heterocycles. The van der Waals surface area contributed by atoms with Crippen molar-refractivity contribution in [3.63, 3.8) is 0 Å². The van der Waals surface area contributed by atoms with Crippen LogP contribution >= 0.6 is 22.9 Å². The molecule has 0 saturated carbocycles. The molecule has 8 heteroatoms. The number of thiazole rings is 1. The first-order valence-electron chi connectivity index (χ1n) is 9.85. The third-order valence-corrected chi connectivity index (χ3v) is 5.65. The van der Waals surface area contributed by atoms with Crippen molar-refractivity contribution in [1.82, 2.24) is 9.88 Å². The van der Waals surface area contributed by atoms with E-state index in [0.29, 0.717) is 53.5 Å². The first-order chi connectivity index (χ1) is 14.4. The van der Waals surface area contributed by atoms with Crippen LogP contribution in [0, 0.1) is 0 Å². The molecule has 0 aliphatic carbocycles. The molecular formula is C22H26ClN3O3S.